The third-order valence-corrected chi connectivity index (χ3v) is 6.09. The maximum absolute atomic E-state index is 12.2. The fraction of sp³-hybridized carbons (Fsp3) is 0.423. The molecule has 0 spiro atoms. The number of hydrogen-bond acceptors (Lipinski definition) is 4. The van der Waals surface area contributed by atoms with Crippen molar-refractivity contribution >= 4 is 5.91 Å². The van der Waals surface area contributed by atoms with E-state index in [4.69, 9.17) is 4.74 Å². The van der Waals surface area contributed by atoms with Gasteiger partial charge in [0.05, 0.1) is 13.2 Å². The highest BCUT2D eigenvalue weighted by Gasteiger charge is 2.34. The largest absolute Gasteiger partial charge is 0.497 e. The van der Waals surface area contributed by atoms with E-state index in [0.717, 1.165) is 25.4 Å². The molecule has 31 heavy (non-hydrogen) atoms. The Balaban J connectivity index is 1.97. The second-order valence-electron chi connectivity index (χ2n) is 8.30. The van der Waals surface area contributed by atoms with Crippen molar-refractivity contribution in [3.8, 4) is 5.75 Å². The highest BCUT2D eigenvalue weighted by Crippen LogP contribution is 2.34. The van der Waals surface area contributed by atoms with Crippen molar-refractivity contribution in [3.63, 3.8) is 0 Å². The molecule has 1 amide bonds. The molecule has 3 rings (SSSR count). The quantitative estimate of drug-likeness (QED) is 0.652. The molecule has 5 nitrogen and oxygen atoms in total. The summed E-state index contributed by atoms with van der Waals surface area (Å²) in [5, 5.41) is 2.87. The molecule has 1 aliphatic rings. The topological polar surface area (TPSA) is 44.8 Å². The van der Waals surface area contributed by atoms with Crippen molar-refractivity contribution in [2.45, 2.75) is 38.9 Å². The molecule has 1 heterocycles. The summed E-state index contributed by atoms with van der Waals surface area (Å²) in [7, 11) is 1.70. The van der Waals surface area contributed by atoms with Gasteiger partial charge in [-0.25, -0.2) is 0 Å². The Bertz CT molecular complexity index is 880. The Hall–Kier alpha value is -2.63. The third kappa shape index (κ3) is 5.35. The average Bonchev–Trinajstić information content (AvgIpc) is 2.78. The van der Waals surface area contributed by atoms with Crippen LogP contribution in [0.5, 0.6) is 5.75 Å². The first-order chi connectivity index (χ1) is 15.0. The minimum Gasteiger partial charge on any atom is -0.497 e. The molecule has 0 bridgehead atoms. The van der Waals surface area contributed by atoms with Crippen molar-refractivity contribution in [3.05, 3.63) is 77.9 Å². The minimum atomic E-state index is -0.0352. The number of nitrogens with zero attached hydrogens (tertiary/aromatic N) is 2. The molecule has 2 aromatic rings. The zero-order valence-corrected chi connectivity index (χ0v) is 19.2. The number of benzene rings is 2. The van der Waals surface area contributed by atoms with Crippen LogP contribution in [0.15, 0.2) is 61.2 Å². The van der Waals surface area contributed by atoms with Crippen LogP contribution in [0.25, 0.3) is 0 Å². The lowest BCUT2D eigenvalue weighted by molar-refractivity contribution is 0.0306. The third-order valence-electron chi connectivity index (χ3n) is 6.09. The minimum absolute atomic E-state index is 0.0352. The number of piperazine rings is 1. The van der Waals surface area contributed by atoms with Gasteiger partial charge in [-0.3, -0.25) is 14.6 Å². The molecule has 0 aliphatic carbocycles. The van der Waals surface area contributed by atoms with E-state index in [9.17, 15) is 4.79 Å². The number of carbonyl (C=O) groups excluding carboxylic acids is 1. The highest BCUT2D eigenvalue weighted by atomic mass is 16.5. The lowest BCUT2D eigenvalue weighted by atomic mass is 9.92. The van der Waals surface area contributed by atoms with Gasteiger partial charge in [0.2, 0.25) is 0 Å². The van der Waals surface area contributed by atoms with Crippen LogP contribution in [0.2, 0.25) is 0 Å². The van der Waals surface area contributed by atoms with Crippen molar-refractivity contribution in [2.75, 3.05) is 33.3 Å². The molecule has 166 valence electrons. The Kier molecular flexibility index (Phi) is 7.88. The van der Waals surface area contributed by atoms with Gasteiger partial charge in [-0.05, 0) is 56.2 Å². The number of amides is 1. The van der Waals surface area contributed by atoms with E-state index in [2.05, 4.69) is 59.8 Å². The Morgan fingerprint density at radius 2 is 1.90 bits per heavy atom. The van der Waals surface area contributed by atoms with Crippen LogP contribution in [-0.2, 0) is 0 Å². The molecule has 0 aromatic heterocycles. The van der Waals surface area contributed by atoms with Crippen LogP contribution in [-0.4, -0.2) is 61.1 Å². The van der Waals surface area contributed by atoms with E-state index in [1.807, 2.05) is 37.3 Å². The summed E-state index contributed by atoms with van der Waals surface area (Å²) in [6.07, 6.45) is 1.98. The van der Waals surface area contributed by atoms with E-state index in [-0.39, 0.29) is 11.9 Å². The predicted octanol–water partition coefficient (Wildman–Crippen LogP) is 4.11. The molecule has 1 fully saturated rings. The highest BCUT2D eigenvalue weighted by molar-refractivity contribution is 5.94. The predicted molar refractivity (Wildman–Crippen MR) is 127 cm³/mol. The van der Waals surface area contributed by atoms with Crippen LogP contribution in [0.4, 0.5) is 0 Å². The van der Waals surface area contributed by atoms with E-state index in [0.29, 0.717) is 24.2 Å². The fourth-order valence-electron chi connectivity index (χ4n) is 4.47. The fourth-order valence-corrected chi connectivity index (χ4v) is 4.47. The van der Waals surface area contributed by atoms with Crippen LogP contribution in [0.3, 0.4) is 0 Å². The van der Waals surface area contributed by atoms with Gasteiger partial charge >= 0.3 is 0 Å². The lowest BCUT2D eigenvalue weighted by Crippen LogP contribution is -2.57. The van der Waals surface area contributed by atoms with Gasteiger partial charge < -0.3 is 10.1 Å². The van der Waals surface area contributed by atoms with Crippen LogP contribution in [0, 0.1) is 0 Å². The van der Waals surface area contributed by atoms with Gasteiger partial charge in [0.15, 0.2) is 0 Å². The Labute approximate surface area is 186 Å². The number of rotatable bonds is 8. The van der Waals surface area contributed by atoms with Gasteiger partial charge in [-0.2, -0.15) is 0 Å². The van der Waals surface area contributed by atoms with E-state index in [1.54, 1.807) is 7.11 Å². The first-order valence-corrected chi connectivity index (χ1v) is 11.1. The van der Waals surface area contributed by atoms with Crippen LogP contribution in [0.1, 0.15) is 48.3 Å². The summed E-state index contributed by atoms with van der Waals surface area (Å²) < 4.78 is 5.51. The zero-order valence-electron chi connectivity index (χ0n) is 19.2. The van der Waals surface area contributed by atoms with E-state index in [1.165, 1.54) is 11.1 Å². The summed E-state index contributed by atoms with van der Waals surface area (Å²) in [5.41, 5.74) is 3.06. The van der Waals surface area contributed by atoms with Crippen LogP contribution < -0.4 is 10.1 Å². The van der Waals surface area contributed by atoms with Gasteiger partial charge in [0.25, 0.3) is 5.91 Å². The first-order valence-electron chi connectivity index (χ1n) is 11.1. The SMILES string of the molecule is C=CCN1C[C@H](C)N([C@@H](c2ccc(C(=O)NCC)cc2)c2cccc(OC)c2)C[C@H]1C. The monoisotopic (exact) mass is 421 g/mol. The molecular formula is C26H35N3O2. The number of ether oxygens (including phenoxy) is 1. The molecule has 0 radical (unpaired) electrons. The van der Waals surface area contributed by atoms with Crippen molar-refractivity contribution in [1.29, 1.82) is 0 Å². The average molecular weight is 422 g/mol. The maximum atomic E-state index is 12.2. The second kappa shape index (κ2) is 10.6. The van der Waals surface area contributed by atoms with Crippen molar-refractivity contribution in [1.82, 2.24) is 15.1 Å². The smallest absolute Gasteiger partial charge is 0.251 e. The molecule has 0 unspecified atom stereocenters. The second-order valence-corrected chi connectivity index (χ2v) is 8.30. The summed E-state index contributed by atoms with van der Waals surface area (Å²) in [6, 6.07) is 17.2. The van der Waals surface area contributed by atoms with Crippen molar-refractivity contribution in [2.24, 2.45) is 0 Å². The van der Waals surface area contributed by atoms with E-state index < -0.39 is 0 Å². The summed E-state index contributed by atoms with van der Waals surface area (Å²) in [4.78, 5) is 17.3. The lowest BCUT2D eigenvalue weighted by Gasteiger charge is -2.47. The number of hydrogen-bond donors (Lipinski definition) is 1. The molecule has 0 saturated carbocycles. The van der Waals surface area contributed by atoms with E-state index >= 15 is 0 Å². The maximum Gasteiger partial charge on any atom is 0.251 e. The molecule has 1 aliphatic heterocycles. The summed E-state index contributed by atoms with van der Waals surface area (Å²) in [6.45, 7) is 13.9. The molecule has 1 saturated heterocycles. The van der Waals surface area contributed by atoms with Crippen LogP contribution >= 0.6 is 0 Å². The summed E-state index contributed by atoms with van der Waals surface area (Å²) in [5.74, 6) is 0.819. The molecule has 1 N–H and O–H groups in total. The van der Waals surface area contributed by atoms with Crippen molar-refractivity contribution < 1.29 is 9.53 Å². The van der Waals surface area contributed by atoms with Gasteiger partial charge in [0, 0.05) is 43.8 Å². The number of methoxy groups -OCH3 is 1. The van der Waals surface area contributed by atoms with Gasteiger partial charge in [-0.15, -0.1) is 6.58 Å². The molecule has 2 aromatic carbocycles. The number of nitrogens with one attached hydrogen (secondary N) is 1. The number of carbonyl (C=O) groups is 1. The van der Waals surface area contributed by atoms with Gasteiger partial charge in [0.1, 0.15) is 5.75 Å². The first kappa shape index (κ1) is 23.0. The zero-order chi connectivity index (χ0) is 22.4. The molecule has 5 heteroatoms. The molecular weight excluding hydrogens is 386 g/mol. The normalized spacial score (nSPS) is 20.8. The standard InChI is InChI=1S/C26H35N3O2/c1-6-15-28-17-20(4)29(18-19(28)3)25(23-9-8-10-24(16-23)31-5)21-11-13-22(14-12-21)26(30)27-7-2/h6,8-14,16,19-20,25H,1,7,15,17-18H2,2-5H3,(H,27,30)/t19-,20+,25+/m1/s1. The molecule has 3 atom stereocenters. The summed E-state index contributed by atoms with van der Waals surface area (Å²) >= 11 is 0. The Morgan fingerprint density at radius 1 is 1.16 bits per heavy atom. The Morgan fingerprint density at radius 3 is 2.55 bits per heavy atom. The van der Waals surface area contributed by atoms with Gasteiger partial charge in [-0.1, -0.05) is 30.3 Å².